The van der Waals surface area contributed by atoms with Gasteiger partial charge in [-0.2, -0.15) is 5.26 Å². The molecule has 0 fully saturated rings. The lowest BCUT2D eigenvalue weighted by molar-refractivity contribution is 0.0692. The number of benzene rings is 2. The molecule has 0 spiro atoms. The van der Waals surface area contributed by atoms with E-state index in [4.69, 9.17) is 4.74 Å². The molecular formula is C25H22FN5O3. The van der Waals surface area contributed by atoms with Crippen LogP contribution in [0.4, 0.5) is 10.2 Å². The highest BCUT2D eigenvalue weighted by Crippen LogP contribution is 2.28. The molecule has 4 rings (SSSR count). The minimum atomic E-state index is -1.07. The number of aromatic nitrogens is 3. The van der Waals surface area contributed by atoms with E-state index in [0.717, 1.165) is 10.9 Å². The Morgan fingerprint density at radius 3 is 2.79 bits per heavy atom. The van der Waals surface area contributed by atoms with Gasteiger partial charge in [0.1, 0.15) is 41.0 Å². The zero-order chi connectivity index (χ0) is 24.2. The second kappa shape index (κ2) is 9.58. The molecule has 0 saturated heterocycles. The Balaban J connectivity index is 1.54. The Kier molecular flexibility index (Phi) is 6.41. The Morgan fingerprint density at radius 1 is 1.24 bits per heavy atom. The first-order valence-corrected chi connectivity index (χ1v) is 10.7. The molecule has 0 atom stereocenters. The van der Waals surface area contributed by atoms with Crippen LogP contribution in [0, 0.1) is 24.1 Å². The number of nitriles is 1. The summed E-state index contributed by atoms with van der Waals surface area (Å²) in [5.74, 6) is -0.582. The number of hydrogen-bond acceptors (Lipinski definition) is 6. The minimum Gasteiger partial charge on any atom is -0.493 e. The van der Waals surface area contributed by atoms with Gasteiger partial charge in [-0.05, 0) is 49.7 Å². The predicted molar refractivity (Wildman–Crippen MR) is 125 cm³/mol. The van der Waals surface area contributed by atoms with Crippen molar-refractivity contribution in [2.75, 3.05) is 18.5 Å². The van der Waals surface area contributed by atoms with Gasteiger partial charge in [0.25, 0.3) is 0 Å². The molecule has 0 amide bonds. The maximum Gasteiger partial charge on any atom is 0.339 e. The normalized spacial score (nSPS) is 10.8. The van der Waals surface area contributed by atoms with Crippen LogP contribution in [-0.2, 0) is 6.54 Å². The summed E-state index contributed by atoms with van der Waals surface area (Å²) in [5.41, 5.74) is 3.26. The predicted octanol–water partition coefficient (Wildman–Crippen LogP) is 4.63. The maximum absolute atomic E-state index is 14.0. The number of hydrogen-bond donors (Lipinski definition) is 2. The van der Waals surface area contributed by atoms with Gasteiger partial charge in [0.15, 0.2) is 0 Å². The van der Waals surface area contributed by atoms with Gasteiger partial charge in [-0.25, -0.2) is 19.2 Å². The van der Waals surface area contributed by atoms with Gasteiger partial charge in [-0.1, -0.05) is 6.07 Å². The van der Waals surface area contributed by atoms with Crippen LogP contribution >= 0.6 is 0 Å². The van der Waals surface area contributed by atoms with Crippen LogP contribution < -0.4 is 10.1 Å². The molecule has 0 saturated carbocycles. The number of ether oxygens (including phenoxy) is 1. The molecule has 2 aromatic heterocycles. The second-order valence-electron chi connectivity index (χ2n) is 7.61. The van der Waals surface area contributed by atoms with Gasteiger partial charge in [0, 0.05) is 30.1 Å². The number of carboxylic acids is 1. The average molecular weight is 459 g/mol. The van der Waals surface area contributed by atoms with Gasteiger partial charge in [0.2, 0.25) is 0 Å². The largest absolute Gasteiger partial charge is 0.493 e. The van der Waals surface area contributed by atoms with Gasteiger partial charge in [0.05, 0.1) is 17.8 Å². The topological polar surface area (TPSA) is 113 Å². The van der Waals surface area contributed by atoms with Crippen molar-refractivity contribution in [2.24, 2.45) is 0 Å². The van der Waals surface area contributed by atoms with E-state index in [2.05, 4.69) is 21.4 Å². The van der Waals surface area contributed by atoms with Crippen molar-refractivity contribution in [3.8, 4) is 23.1 Å². The Bertz CT molecular complexity index is 1420. The van der Waals surface area contributed by atoms with Crippen LogP contribution in [-0.4, -0.2) is 38.8 Å². The number of anilines is 1. The van der Waals surface area contributed by atoms with Crippen LogP contribution in [0.25, 0.3) is 22.2 Å². The monoisotopic (exact) mass is 459 g/mol. The summed E-state index contributed by atoms with van der Waals surface area (Å²) in [6, 6.07) is 13.4. The van der Waals surface area contributed by atoms with Crippen molar-refractivity contribution in [3.05, 3.63) is 71.4 Å². The first-order chi connectivity index (χ1) is 16.4. The summed E-state index contributed by atoms with van der Waals surface area (Å²) in [7, 11) is 0. The summed E-state index contributed by atoms with van der Waals surface area (Å²) in [4.78, 5) is 19.9. The van der Waals surface area contributed by atoms with E-state index in [1.54, 1.807) is 35.8 Å². The van der Waals surface area contributed by atoms with Crippen LogP contribution in [0.3, 0.4) is 0 Å². The minimum absolute atomic E-state index is 0.0805. The van der Waals surface area contributed by atoms with Crippen LogP contribution in [0.2, 0.25) is 0 Å². The third-order valence-corrected chi connectivity index (χ3v) is 5.42. The van der Waals surface area contributed by atoms with E-state index in [1.807, 2.05) is 6.92 Å². The van der Waals surface area contributed by atoms with E-state index in [1.165, 1.54) is 24.5 Å². The molecule has 172 valence electrons. The lowest BCUT2D eigenvalue weighted by atomic mass is 10.1. The van der Waals surface area contributed by atoms with Crippen molar-refractivity contribution in [3.63, 3.8) is 0 Å². The molecule has 9 heteroatoms. The third kappa shape index (κ3) is 4.52. The third-order valence-electron chi connectivity index (χ3n) is 5.42. The van der Waals surface area contributed by atoms with Crippen molar-refractivity contribution in [1.29, 1.82) is 5.26 Å². The van der Waals surface area contributed by atoms with E-state index < -0.39 is 5.97 Å². The Morgan fingerprint density at radius 2 is 2.06 bits per heavy atom. The Labute approximate surface area is 195 Å². The quantitative estimate of drug-likeness (QED) is 0.395. The average Bonchev–Trinajstić information content (AvgIpc) is 3.17. The maximum atomic E-state index is 14.0. The summed E-state index contributed by atoms with van der Waals surface area (Å²) in [6.45, 7) is 4.80. The fourth-order valence-electron chi connectivity index (χ4n) is 3.87. The molecule has 0 unspecified atom stereocenters. The van der Waals surface area contributed by atoms with Gasteiger partial charge in [-0.3, -0.25) is 0 Å². The second-order valence-corrected chi connectivity index (χ2v) is 7.61. The summed E-state index contributed by atoms with van der Waals surface area (Å²) >= 11 is 0. The first kappa shape index (κ1) is 22.7. The SMILES string of the molecule is CCOc1cc(-c2cc(NCCn3c(C#N)cc4c(C)cc(F)cc43)ncn2)ccc1C(=O)O. The molecule has 2 aromatic carbocycles. The summed E-state index contributed by atoms with van der Waals surface area (Å²) < 4.78 is 21.2. The molecule has 8 nitrogen and oxygen atoms in total. The number of aryl methyl sites for hydroxylation is 1. The van der Waals surface area contributed by atoms with Gasteiger partial charge < -0.3 is 19.7 Å². The highest BCUT2D eigenvalue weighted by Gasteiger charge is 2.14. The molecular weight excluding hydrogens is 437 g/mol. The van der Waals surface area contributed by atoms with Crippen LogP contribution in [0.1, 0.15) is 28.5 Å². The van der Waals surface area contributed by atoms with E-state index in [9.17, 15) is 19.6 Å². The highest BCUT2D eigenvalue weighted by atomic mass is 19.1. The standard InChI is InChI=1S/C25H22FN5O3/c1-3-34-23-9-16(4-5-19(23)25(32)33)21-12-24(30-14-29-21)28-6-7-31-18(13-27)11-20-15(2)8-17(26)10-22(20)31/h4-5,8-12,14H,3,6-7H2,1-2H3,(H,32,33)(H,28,29,30). The smallest absolute Gasteiger partial charge is 0.339 e. The molecule has 0 bridgehead atoms. The number of halogens is 1. The zero-order valence-electron chi connectivity index (χ0n) is 18.7. The molecule has 0 radical (unpaired) electrons. The molecule has 0 aliphatic carbocycles. The molecule has 2 heterocycles. The number of fused-ring (bicyclic) bond motifs is 1. The van der Waals surface area contributed by atoms with E-state index >= 15 is 0 Å². The van der Waals surface area contributed by atoms with E-state index in [-0.39, 0.29) is 17.1 Å². The first-order valence-electron chi connectivity index (χ1n) is 10.7. The fraction of sp³-hybridized carbons (Fsp3) is 0.200. The fourth-order valence-corrected chi connectivity index (χ4v) is 3.87. The molecule has 2 N–H and O–H groups in total. The van der Waals surface area contributed by atoms with E-state index in [0.29, 0.717) is 48.0 Å². The molecule has 0 aliphatic heterocycles. The summed E-state index contributed by atoms with van der Waals surface area (Å²) in [6.07, 6.45) is 1.41. The molecule has 4 aromatic rings. The van der Waals surface area contributed by atoms with Crippen molar-refractivity contribution in [2.45, 2.75) is 20.4 Å². The number of aromatic carboxylic acids is 1. The highest BCUT2D eigenvalue weighted by molar-refractivity contribution is 5.92. The number of carboxylic acid groups (broad SMARTS) is 1. The van der Waals surface area contributed by atoms with Crippen molar-refractivity contribution >= 4 is 22.7 Å². The van der Waals surface area contributed by atoms with Gasteiger partial charge >= 0.3 is 5.97 Å². The number of nitrogens with one attached hydrogen (secondary N) is 1. The lowest BCUT2D eigenvalue weighted by Gasteiger charge is -2.11. The Hall–Kier alpha value is -4.45. The van der Waals surface area contributed by atoms with Crippen LogP contribution in [0.5, 0.6) is 5.75 Å². The lowest BCUT2D eigenvalue weighted by Crippen LogP contribution is -2.12. The number of nitrogens with zero attached hydrogens (tertiary/aromatic N) is 4. The zero-order valence-corrected chi connectivity index (χ0v) is 18.7. The molecule has 0 aliphatic rings. The van der Waals surface area contributed by atoms with Crippen molar-refractivity contribution in [1.82, 2.24) is 14.5 Å². The van der Waals surface area contributed by atoms with Crippen LogP contribution in [0.15, 0.2) is 48.8 Å². The number of rotatable bonds is 8. The number of carbonyl (C=O) groups is 1. The molecule has 34 heavy (non-hydrogen) atoms. The summed E-state index contributed by atoms with van der Waals surface area (Å²) in [5, 5.41) is 22.9. The van der Waals surface area contributed by atoms with Crippen molar-refractivity contribution < 1.29 is 19.0 Å². The van der Waals surface area contributed by atoms with Gasteiger partial charge in [-0.15, -0.1) is 0 Å².